The largest absolute Gasteiger partial charge is 0.493 e. The maximum Gasteiger partial charge on any atom is 0.344 e. The molecule has 0 aliphatic carbocycles. The van der Waals surface area contributed by atoms with Gasteiger partial charge in [-0.05, 0) is 53.9 Å². The fourth-order valence-corrected chi connectivity index (χ4v) is 3.49. The van der Waals surface area contributed by atoms with Crippen molar-refractivity contribution in [2.24, 2.45) is 0 Å². The van der Waals surface area contributed by atoms with E-state index in [9.17, 15) is 4.79 Å². The lowest BCUT2D eigenvalue weighted by molar-refractivity contribution is 0.306. The molecule has 0 aliphatic rings. The van der Waals surface area contributed by atoms with Crippen LogP contribution in [0.1, 0.15) is 11.1 Å². The molecule has 4 aromatic rings. The van der Waals surface area contributed by atoms with E-state index in [0.29, 0.717) is 40.6 Å². The van der Waals surface area contributed by atoms with E-state index in [1.807, 2.05) is 55.5 Å². The number of rotatable bonds is 6. The van der Waals surface area contributed by atoms with E-state index < -0.39 is 5.63 Å². The average Bonchev–Trinajstić information content (AvgIpc) is 2.78. The van der Waals surface area contributed by atoms with Crippen molar-refractivity contribution in [1.82, 2.24) is 0 Å². The highest BCUT2D eigenvalue weighted by Gasteiger charge is 2.16. The van der Waals surface area contributed by atoms with Crippen LogP contribution in [0.4, 0.5) is 0 Å². The van der Waals surface area contributed by atoms with Crippen molar-refractivity contribution >= 4 is 11.0 Å². The molecule has 0 aliphatic heterocycles. The molecule has 30 heavy (non-hydrogen) atoms. The summed E-state index contributed by atoms with van der Waals surface area (Å²) in [5.74, 6) is 1.86. The average molecular weight is 402 g/mol. The van der Waals surface area contributed by atoms with Crippen molar-refractivity contribution in [2.45, 2.75) is 13.5 Å². The van der Waals surface area contributed by atoms with E-state index >= 15 is 0 Å². The topological polar surface area (TPSA) is 57.9 Å². The van der Waals surface area contributed by atoms with Crippen LogP contribution in [0.25, 0.3) is 22.1 Å². The van der Waals surface area contributed by atoms with E-state index in [2.05, 4.69) is 0 Å². The van der Waals surface area contributed by atoms with E-state index in [1.54, 1.807) is 32.4 Å². The molecule has 0 radical (unpaired) electrons. The number of aryl methyl sites for hydroxylation is 1. The van der Waals surface area contributed by atoms with Gasteiger partial charge in [-0.15, -0.1) is 0 Å². The fourth-order valence-electron chi connectivity index (χ4n) is 3.49. The molecule has 1 heterocycles. The van der Waals surface area contributed by atoms with Crippen LogP contribution in [-0.2, 0) is 6.61 Å². The quantitative estimate of drug-likeness (QED) is 0.406. The first-order chi connectivity index (χ1) is 14.6. The Bertz CT molecular complexity index is 1240. The first-order valence-electron chi connectivity index (χ1n) is 9.57. The Kier molecular flexibility index (Phi) is 5.44. The number of hydrogen-bond donors (Lipinski definition) is 0. The molecule has 0 amide bonds. The van der Waals surface area contributed by atoms with Gasteiger partial charge in [-0.2, -0.15) is 0 Å². The van der Waals surface area contributed by atoms with Gasteiger partial charge in [-0.3, -0.25) is 0 Å². The van der Waals surface area contributed by atoms with Crippen molar-refractivity contribution in [1.29, 1.82) is 0 Å². The minimum absolute atomic E-state index is 0.398. The van der Waals surface area contributed by atoms with Gasteiger partial charge in [-0.25, -0.2) is 4.79 Å². The monoisotopic (exact) mass is 402 g/mol. The lowest BCUT2D eigenvalue weighted by atomic mass is 9.99. The zero-order valence-electron chi connectivity index (χ0n) is 17.1. The normalized spacial score (nSPS) is 10.8. The first kappa shape index (κ1) is 19.6. The molecule has 0 atom stereocenters. The van der Waals surface area contributed by atoms with E-state index in [0.717, 1.165) is 16.5 Å². The predicted molar refractivity (Wildman–Crippen MR) is 117 cm³/mol. The van der Waals surface area contributed by atoms with Gasteiger partial charge in [-0.1, -0.05) is 36.4 Å². The van der Waals surface area contributed by atoms with Gasteiger partial charge in [0.05, 0.1) is 19.8 Å². The first-order valence-corrected chi connectivity index (χ1v) is 9.57. The predicted octanol–water partition coefficient (Wildman–Crippen LogP) is 5.36. The van der Waals surface area contributed by atoms with Crippen LogP contribution in [-0.4, -0.2) is 14.2 Å². The smallest absolute Gasteiger partial charge is 0.344 e. The van der Waals surface area contributed by atoms with Crippen molar-refractivity contribution in [3.63, 3.8) is 0 Å². The van der Waals surface area contributed by atoms with Gasteiger partial charge in [0, 0.05) is 5.39 Å². The molecule has 152 valence electrons. The summed E-state index contributed by atoms with van der Waals surface area (Å²) in [5.41, 5.74) is 3.22. The van der Waals surface area contributed by atoms with Crippen LogP contribution in [0.2, 0.25) is 0 Å². The van der Waals surface area contributed by atoms with E-state index in [4.69, 9.17) is 18.6 Å². The van der Waals surface area contributed by atoms with E-state index in [1.165, 1.54) is 0 Å². The van der Waals surface area contributed by atoms with Crippen molar-refractivity contribution in [3.8, 4) is 28.4 Å². The van der Waals surface area contributed by atoms with Crippen LogP contribution >= 0.6 is 0 Å². The van der Waals surface area contributed by atoms with Gasteiger partial charge in [0.15, 0.2) is 11.5 Å². The van der Waals surface area contributed by atoms with Gasteiger partial charge in [0.2, 0.25) is 0 Å². The summed E-state index contributed by atoms with van der Waals surface area (Å²) in [4.78, 5) is 12.7. The van der Waals surface area contributed by atoms with Crippen molar-refractivity contribution in [2.75, 3.05) is 14.2 Å². The zero-order valence-corrected chi connectivity index (χ0v) is 17.1. The highest BCUT2D eigenvalue weighted by Crippen LogP contribution is 2.34. The van der Waals surface area contributed by atoms with Gasteiger partial charge in [0.1, 0.15) is 17.9 Å². The summed E-state index contributed by atoms with van der Waals surface area (Å²) in [6.45, 7) is 2.37. The molecule has 0 saturated heterocycles. The number of hydrogen-bond acceptors (Lipinski definition) is 5. The lowest BCUT2D eigenvalue weighted by Gasteiger charge is -2.12. The Labute approximate surface area is 174 Å². The summed E-state index contributed by atoms with van der Waals surface area (Å²) >= 11 is 0. The molecule has 5 heteroatoms. The number of fused-ring (bicyclic) bond motifs is 1. The minimum Gasteiger partial charge on any atom is -0.493 e. The highest BCUT2D eigenvalue weighted by molar-refractivity contribution is 5.88. The molecule has 0 saturated carbocycles. The maximum atomic E-state index is 12.7. The van der Waals surface area contributed by atoms with Gasteiger partial charge >= 0.3 is 5.63 Å². The third-order valence-corrected chi connectivity index (χ3v) is 5.06. The molecular weight excluding hydrogens is 380 g/mol. The van der Waals surface area contributed by atoms with Crippen LogP contribution in [0.5, 0.6) is 17.2 Å². The highest BCUT2D eigenvalue weighted by atomic mass is 16.5. The molecule has 0 unspecified atom stereocenters. The lowest BCUT2D eigenvalue weighted by Crippen LogP contribution is -2.06. The summed E-state index contributed by atoms with van der Waals surface area (Å²) in [6, 6.07) is 20.8. The number of methoxy groups -OCH3 is 2. The molecular formula is C25H22O5. The molecule has 0 bridgehead atoms. The maximum absolute atomic E-state index is 12.7. The molecule has 0 N–H and O–H groups in total. The second-order valence-corrected chi connectivity index (χ2v) is 6.89. The minimum atomic E-state index is -0.398. The second-order valence-electron chi connectivity index (χ2n) is 6.89. The Morgan fingerprint density at radius 3 is 2.37 bits per heavy atom. The van der Waals surface area contributed by atoms with Crippen LogP contribution < -0.4 is 19.8 Å². The molecule has 3 aromatic carbocycles. The summed E-state index contributed by atoms with van der Waals surface area (Å²) < 4.78 is 22.2. The number of benzene rings is 3. The SMILES string of the molecule is COc1ccc(-c2c(C)c3cc(OCc4ccccc4)ccc3oc2=O)cc1OC. The van der Waals surface area contributed by atoms with Crippen molar-refractivity contribution in [3.05, 3.63) is 88.3 Å². The summed E-state index contributed by atoms with van der Waals surface area (Å²) in [5, 5.41) is 0.824. The van der Waals surface area contributed by atoms with Crippen LogP contribution in [0.15, 0.2) is 75.9 Å². The zero-order chi connectivity index (χ0) is 21.1. The van der Waals surface area contributed by atoms with E-state index in [-0.39, 0.29) is 0 Å². The second kappa shape index (κ2) is 8.33. The van der Waals surface area contributed by atoms with Crippen LogP contribution in [0.3, 0.4) is 0 Å². The Balaban J connectivity index is 1.75. The number of ether oxygens (including phenoxy) is 3. The van der Waals surface area contributed by atoms with Gasteiger partial charge < -0.3 is 18.6 Å². The van der Waals surface area contributed by atoms with Gasteiger partial charge in [0.25, 0.3) is 0 Å². The summed E-state index contributed by atoms with van der Waals surface area (Å²) in [7, 11) is 3.14. The Morgan fingerprint density at radius 2 is 1.63 bits per heavy atom. The van der Waals surface area contributed by atoms with Crippen molar-refractivity contribution < 1.29 is 18.6 Å². The molecule has 4 rings (SSSR count). The molecule has 1 aromatic heterocycles. The third-order valence-electron chi connectivity index (χ3n) is 5.06. The fraction of sp³-hybridized carbons (Fsp3) is 0.160. The molecule has 5 nitrogen and oxygen atoms in total. The standard InChI is InChI=1S/C25H22O5/c1-16-20-14-19(29-15-17-7-5-4-6-8-17)10-12-21(20)30-25(26)24(16)18-9-11-22(27-2)23(13-18)28-3/h4-14H,15H2,1-3H3. The Hall–Kier alpha value is -3.73. The molecule has 0 spiro atoms. The Morgan fingerprint density at radius 1 is 0.867 bits per heavy atom. The third kappa shape index (κ3) is 3.74. The van der Waals surface area contributed by atoms with Crippen LogP contribution in [0, 0.1) is 6.92 Å². The molecule has 0 fully saturated rings. The summed E-state index contributed by atoms with van der Waals surface area (Å²) in [6.07, 6.45) is 0.